The van der Waals surface area contributed by atoms with E-state index in [0.29, 0.717) is 10.8 Å². The Balaban J connectivity index is 1.66. The lowest BCUT2D eigenvalue weighted by Crippen LogP contribution is -2.53. The van der Waals surface area contributed by atoms with Gasteiger partial charge in [0.25, 0.3) is 11.6 Å². The first-order valence-electron chi connectivity index (χ1n) is 9.25. The summed E-state index contributed by atoms with van der Waals surface area (Å²) in [6.45, 7) is 1.84. The Kier molecular flexibility index (Phi) is 7.05. The van der Waals surface area contributed by atoms with Gasteiger partial charge in [-0.2, -0.15) is 4.31 Å². The number of carbonyl (C=O) groups excluding carboxylic acids is 1. The smallest absolute Gasteiger partial charge is 0.289 e. The highest BCUT2D eigenvalue weighted by Crippen LogP contribution is 2.29. The van der Waals surface area contributed by atoms with E-state index in [1.807, 2.05) is 0 Å². The molecule has 0 radical (unpaired) electrons. The van der Waals surface area contributed by atoms with Crippen LogP contribution in [0.15, 0.2) is 47.4 Å². The lowest BCUT2D eigenvalue weighted by Gasteiger charge is -2.35. The SMILES string of the molecule is CC(Oc1ccc(Cl)cc1Cl)C(=O)N1CCN(S(=O)(=O)c2ccccc2[N+](=O)[O-])CC1. The third-order valence-corrected chi connectivity index (χ3v) is 7.25. The van der Waals surface area contributed by atoms with Crippen LogP contribution in [0.2, 0.25) is 10.0 Å². The van der Waals surface area contributed by atoms with E-state index in [9.17, 15) is 23.3 Å². The first-order valence-corrected chi connectivity index (χ1v) is 11.4. The minimum absolute atomic E-state index is 0.00848. The van der Waals surface area contributed by atoms with Gasteiger partial charge in [0.15, 0.2) is 11.0 Å². The topological polar surface area (TPSA) is 110 Å². The number of nitro benzene ring substituents is 1. The normalized spacial score (nSPS) is 16.0. The molecule has 31 heavy (non-hydrogen) atoms. The molecule has 2 aromatic carbocycles. The van der Waals surface area contributed by atoms with Crippen LogP contribution >= 0.6 is 23.2 Å². The van der Waals surface area contributed by atoms with Crippen molar-refractivity contribution in [2.45, 2.75) is 17.9 Å². The molecule has 0 aromatic heterocycles. The highest BCUT2D eigenvalue weighted by Gasteiger charge is 2.35. The van der Waals surface area contributed by atoms with Gasteiger partial charge in [0, 0.05) is 37.3 Å². The van der Waals surface area contributed by atoms with Crippen molar-refractivity contribution in [3.8, 4) is 5.75 Å². The molecule has 0 aliphatic carbocycles. The summed E-state index contributed by atoms with van der Waals surface area (Å²) in [5.41, 5.74) is -0.483. The predicted molar refractivity (Wildman–Crippen MR) is 115 cm³/mol. The minimum atomic E-state index is -4.07. The number of ether oxygens (including phenoxy) is 1. The molecule has 3 rings (SSSR count). The fraction of sp³-hybridized carbons (Fsp3) is 0.316. The van der Waals surface area contributed by atoms with E-state index in [1.54, 1.807) is 19.1 Å². The summed E-state index contributed by atoms with van der Waals surface area (Å²) in [5, 5.41) is 11.9. The van der Waals surface area contributed by atoms with Crippen LogP contribution in [0.5, 0.6) is 5.75 Å². The van der Waals surface area contributed by atoms with E-state index < -0.39 is 26.7 Å². The molecule has 1 aliphatic rings. The molecule has 2 aromatic rings. The number of hydrogen-bond acceptors (Lipinski definition) is 6. The molecule has 0 N–H and O–H groups in total. The van der Waals surface area contributed by atoms with Gasteiger partial charge in [0.1, 0.15) is 5.75 Å². The van der Waals surface area contributed by atoms with E-state index in [0.717, 1.165) is 10.4 Å². The molecule has 1 fully saturated rings. The fourth-order valence-corrected chi connectivity index (χ4v) is 5.22. The van der Waals surface area contributed by atoms with Crippen LogP contribution in [-0.4, -0.2) is 60.7 Å². The summed E-state index contributed by atoms with van der Waals surface area (Å²) in [4.78, 5) is 24.3. The molecule has 1 unspecified atom stereocenters. The lowest BCUT2D eigenvalue weighted by atomic mass is 10.2. The van der Waals surface area contributed by atoms with E-state index in [1.165, 1.54) is 29.2 Å². The molecule has 1 saturated heterocycles. The number of benzene rings is 2. The fourth-order valence-electron chi connectivity index (χ4n) is 3.18. The number of nitrogens with zero attached hydrogens (tertiary/aromatic N) is 3. The largest absolute Gasteiger partial charge is 0.479 e. The Morgan fingerprint density at radius 1 is 1.13 bits per heavy atom. The maximum atomic E-state index is 12.9. The third-order valence-electron chi connectivity index (χ3n) is 4.78. The summed E-state index contributed by atoms with van der Waals surface area (Å²) < 4.78 is 32.6. The number of para-hydroxylation sites is 1. The van der Waals surface area contributed by atoms with Crippen molar-refractivity contribution in [2.75, 3.05) is 26.2 Å². The van der Waals surface area contributed by atoms with Gasteiger partial charge in [-0.25, -0.2) is 8.42 Å². The number of nitro groups is 1. The standard InChI is InChI=1S/C19H19Cl2N3O6S/c1-13(30-17-7-6-14(20)12-15(17)21)19(25)22-8-10-23(11-9-22)31(28,29)18-5-3-2-4-16(18)24(26)27/h2-7,12-13H,8-11H2,1H3. The number of piperazine rings is 1. The number of sulfonamides is 1. The Morgan fingerprint density at radius 3 is 2.39 bits per heavy atom. The maximum absolute atomic E-state index is 12.9. The van der Waals surface area contributed by atoms with Crippen LogP contribution in [-0.2, 0) is 14.8 Å². The summed E-state index contributed by atoms with van der Waals surface area (Å²) in [5.74, 6) is -0.0155. The van der Waals surface area contributed by atoms with Crippen molar-refractivity contribution in [2.24, 2.45) is 0 Å². The first kappa shape index (κ1) is 23.3. The monoisotopic (exact) mass is 487 g/mol. The molecule has 1 heterocycles. The molecule has 0 bridgehead atoms. The summed E-state index contributed by atoms with van der Waals surface area (Å²) >= 11 is 11.9. The first-order chi connectivity index (χ1) is 14.6. The van der Waals surface area contributed by atoms with Crippen LogP contribution in [0.4, 0.5) is 5.69 Å². The van der Waals surface area contributed by atoms with Crippen molar-refractivity contribution in [1.82, 2.24) is 9.21 Å². The second kappa shape index (κ2) is 9.39. The molecule has 166 valence electrons. The second-order valence-electron chi connectivity index (χ2n) is 6.79. The van der Waals surface area contributed by atoms with Crippen LogP contribution < -0.4 is 4.74 Å². The zero-order valence-electron chi connectivity index (χ0n) is 16.4. The van der Waals surface area contributed by atoms with E-state index in [-0.39, 0.29) is 42.0 Å². The van der Waals surface area contributed by atoms with Gasteiger partial charge in [-0.3, -0.25) is 14.9 Å². The van der Waals surface area contributed by atoms with E-state index in [4.69, 9.17) is 27.9 Å². The van der Waals surface area contributed by atoms with Gasteiger partial charge in [0.2, 0.25) is 10.0 Å². The van der Waals surface area contributed by atoms with Gasteiger partial charge >= 0.3 is 0 Å². The average molecular weight is 488 g/mol. The van der Waals surface area contributed by atoms with Crippen LogP contribution in [0, 0.1) is 10.1 Å². The Morgan fingerprint density at radius 2 is 1.77 bits per heavy atom. The zero-order valence-corrected chi connectivity index (χ0v) is 18.7. The number of halogens is 2. The second-order valence-corrected chi connectivity index (χ2v) is 9.54. The molecular formula is C19H19Cl2N3O6S. The molecule has 1 atom stereocenters. The number of carbonyl (C=O) groups is 1. The zero-order chi connectivity index (χ0) is 22.8. The Hall–Kier alpha value is -2.40. The third kappa shape index (κ3) is 5.09. The summed E-state index contributed by atoms with van der Waals surface area (Å²) in [6, 6.07) is 9.84. The molecule has 1 amide bonds. The molecule has 9 nitrogen and oxygen atoms in total. The predicted octanol–water partition coefficient (Wildman–Crippen LogP) is 3.20. The van der Waals surface area contributed by atoms with Gasteiger partial charge < -0.3 is 9.64 Å². The van der Waals surface area contributed by atoms with Crippen molar-refractivity contribution < 1.29 is 22.9 Å². The Bertz CT molecular complexity index is 1100. The average Bonchev–Trinajstić information content (AvgIpc) is 2.75. The molecule has 1 aliphatic heterocycles. The minimum Gasteiger partial charge on any atom is -0.479 e. The van der Waals surface area contributed by atoms with Crippen molar-refractivity contribution >= 4 is 44.8 Å². The highest BCUT2D eigenvalue weighted by molar-refractivity contribution is 7.89. The lowest BCUT2D eigenvalue weighted by molar-refractivity contribution is -0.387. The quantitative estimate of drug-likeness (QED) is 0.456. The summed E-state index contributed by atoms with van der Waals surface area (Å²) in [6.07, 6.45) is -0.850. The van der Waals surface area contributed by atoms with Crippen LogP contribution in [0.1, 0.15) is 6.92 Å². The molecular weight excluding hydrogens is 469 g/mol. The molecule has 12 heteroatoms. The van der Waals surface area contributed by atoms with E-state index >= 15 is 0 Å². The van der Waals surface area contributed by atoms with Gasteiger partial charge in [0.05, 0.1) is 9.95 Å². The van der Waals surface area contributed by atoms with Crippen molar-refractivity contribution in [3.63, 3.8) is 0 Å². The highest BCUT2D eigenvalue weighted by atomic mass is 35.5. The Labute approximate surface area is 189 Å². The van der Waals surface area contributed by atoms with Crippen molar-refractivity contribution in [1.29, 1.82) is 0 Å². The van der Waals surface area contributed by atoms with Gasteiger partial charge in [-0.05, 0) is 31.2 Å². The van der Waals surface area contributed by atoms with Gasteiger partial charge in [-0.15, -0.1) is 0 Å². The molecule has 0 saturated carbocycles. The molecule has 0 spiro atoms. The van der Waals surface area contributed by atoms with Gasteiger partial charge in [-0.1, -0.05) is 35.3 Å². The number of rotatable bonds is 6. The van der Waals surface area contributed by atoms with Crippen LogP contribution in [0.25, 0.3) is 0 Å². The maximum Gasteiger partial charge on any atom is 0.289 e. The van der Waals surface area contributed by atoms with Crippen molar-refractivity contribution in [3.05, 3.63) is 62.6 Å². The number of amides is 1. The number of hydrogen-bond donors (Lipinski definition) is 0. The van der Waals surface area contributed by atoms with Crippen LogP contribution in [0.3, 0.4) is 0 Å². The summed E-state index contributed by atoms with van der Waals surface area (Å²) in [7, 11) is -4.07. The van der Waals surface area contributed by atoms with E-state index in [2.05, 4.69) is 0 Å².